The Bertz CT molecular complexity index is 1220. The number of carbonyl (C=O) groups excluding carboxylic acids is 1. The first-order chi connectivity index (χ1) is 14.3. The van der Waals surface area contributed by atoms with E-state index in [-0.39, 0.29) is 22.4 Å². The Balaban J connectivity index is 1.69. The Hall–Kier alpha value is -3.10. The van der Waals surface area contributed by atoms with Crippen molar-refractivity contribution >= 4 is 39.4 Å². The van der Waals surface area contributed by atoms with Crippen LogP contribution in [0.1, 0.15) is 34.7 Å². The van der Waals surface area contributed by atoms with E-state index in [0.717, 1.165) is 12.1 Å². The van der Waals surface area contributed by atoms with Gasteiger partial charge < -0.3 is 5.32 Å². The molecule has 0 spiro atoms. The van der Waals surface area contributed by atoms with E-state index >= 15 is 0 Å². The zero-order valence-corrected chi connectivity index (χ0v) is 17.3. The Labute approximate surface area is 180 Å². The van der Waals surface area contributed by atoms with Gasteiger partial charge in [0, 0.05) is 17.8 Å². The molecular weight excluding hydrogens is 516 g/mol. The Kier molecular flexibility index (Phi) is 5.13. The van der Waals surface area contributed by atoms with Gasteiger partial charge in [-0.1, -0.05) is 0 Å². The van der Waals surface area contributed by atoms with Crippen LogP contribution in [-0.4, -0.2) is 40.8 Å². The second-order valence-electron chi connectivity index (χ2n) is 6.23. The number of aromatic amines is 1. The second-order valence-corrected chi connectivity index (χ2v) is 7.25. The normalized spacial score (nSPS) is 12.8. The summed E-state index contributed by atoms with van der Waals surface area (Å²) >= 11 is 1.81. The number of aromatic nitrogens is 7. The minimum absolute atomic E-state index is 0.177. The van der Waals surface area contributed by atoms with Gasteiger partial charge in [-0.15, -0.1) is 0 Å². The smallest absolute Gasteiger partial charge is 0.342 e. The van der Waals surface area contributed by atoms with Crippen molar-refractivity contribution in [1.29, 1.82) is 0 Å². The lowest BCUT2D eigenvalue weighted by Gasteiger charge is -2.15. The molecule has 0 aliphatic heterocycles. The topological polar surface area (TPSA) is 114 Å². The summed E-state index contributed by atoms with van der Waals surface area (Å²) in [5.74, 6) is -0.158. The number of alkyl halides is 3. The molecule has 154 valence electrons. The lowest BCUT2D eigenvalue weighted by atomic mass is 10.1. The first kappa shape index (κ1) is 20.2. The van der Waals surface area contributed by atoms with Gasteiger partial charge in [0.25, 0.3) is 11.9 Å². The van der Waals surface area contributed by atoms with Crippen molar-refractivity contribution < 1.29 is 18.0 Å². The van der Waals surface area contributed by atoms with Gasteiger partial charge >= 0.3 is 6.18 Å². The maximum absolute atomic E-state index is 13.3. The summed E-state index contributed by atoms with van der Waals surface area (Å²) in [5, 5.41) is 13.5. The minimum atomic E-state index is -4.61. The number of benzene rings is 1. The minimum Gasteiger partial charge on any atom is -0.342 e. The summed E-state index contributed by atoms with van der Waals surface area (Å²) in [6, 6.07) is 2.69. The quantitative estimate of drug-likeness (QED) is 0.394. The van der Waals surface area contributed by atoms with Crippen LogP contribution < -0.4 is 5.32 Å². The molecule has 0 saturated heterocycles. The van der Waals surface area contributed by atoms with Gasteiger partial charge in [-0.25, -0.2) is 15.0 Å². The molecule has 9 nitrogen and oxygen atoms in total. The molecule has 4 aromatic rings. The van der Waals surface area contributed by atoms with E-state index in [2.05, 4.69) is 35.6 Å². The first-order valence-corrected chi connectivity index (χ1v) is 9.56. The molecule has 3 aromatic heterocycles. The molecule has 1 atom stereocenters. The van der Waals surface area contributed by atoms with Gasteiger partial charge in [0.2, 0.25) is 0 Å². The number of fused-ring (bicyclic) bond motifs is 1. The highest BCUT2D eigenvalue weighted by Crippen LogP contribution is 2.34. The number of nitrogens with zero attached hydrogens (tertiary/aromatic N) is 6. The van der Waals surface area contributed by atoms with E-state index in [1.807, 2.05) is 0 Å². The average Bonchev–Trinajstić information content (AvgIpc) is 3.34. The molecule has 1 amide bonds. The standard InChI is InChI=1S/C17H12F3IN8O/c1-8(14-24-7-25-29(14)16-22-3-2-4-23-16)26-15(30)11-6-9(17(18,19)20)5-10-12(11)27-28-13(10)21/h2-8H,1H3,(H,26,30)(H,27,28)/t8-/m0/s1. The van der Waals surface area contributed by atoms with E-state index in [9.17, 15) is 18.0 Å². The second kappa shape index (κ2) is 7.62. The molecule has 0 radical (unpaired) electrons. The van der Waals surface area contributed by atoms with E-state index in [0.29, 0.717) is 9.53 Å². The molecule has 1 aromatic carbocycles. The first-order valence-electron chi connectivity index (χ1n) is 8.48. The molecule has 0 aliphatic carbocycles. The van der Waals surface area contributed by atoms with Crippen molar-refractivity contribution in [2.24, 2.45) is 0 Å². The van der Waals surface area contributed by atoms with Crippen LogP contribution in [0.4, 0.5) is 13.2 Å². The maximum atomic E-state index is 13.3. The summed E-state index contributed by atoms with van der Waals surface area (Å²) in [4.78, 5) is 25.2. The van der Waals surface area contributed by atoms with Crippen LogP contribution in [-0.2, 0) is 6.18 Å². The molecule has 0 fully saturated rings. The number of hydrogen-bond donors (Lipinski definition) is 2. The molecule has 4 rings (SSSR count). The molecule has 0 saturated carbocycles. The van der Waals surface area contributed by atoms with Gasteiger partial charge in [0.15, 0.2) is 5.82 Å². The molecule has 30 heavy (non-hydrogen) atoms. The fourth-order valence-corrected chi connectivity index (χ4v) is 3.42. The number of hydrogen-bond acceptors (Lipinski definition) is 6. The van der Waals surface area contributed by atoms with Gasteiger partial charge in [-0.05, 0) is 47.7 Å². The van der Waals surface area contributed by atoms with Crippen molar-refractivity contribution in [3.63, 3.8) is 0 Å². The third-order valence-electron chi connectivity index (χ3n) is 4.25. The van der Waals surface area contributed by atoms with Gasteiger partial charge in [-0.2, -0.15) is 28.1 Å². The van der Waals surface area contributed by atoms with E-state index in [1.54, 1.807) is 35.6 Å². The van der Waals surface area contributed by atoms with Gasteiger partial charge in [0.05, 0.1) is 22.7 Å². The summed E-state index contributed by atoms with van der Waals surface area (Å²) in [5.41, 5.74) is -0.901. The zero-order valence-electron chi connectivity index (χ0n) is 15.1. The highest BCUT2D eigenvalue weighted by molar-refractivity contribution is 14.1. The van der Waals surface area contributed by atoms with E-state index < -0.39 is 23.7 Å². The number of amides is 1. The maximum Gasteiger partial charge on any atom is 0.416 e. The van der Waals surface area contributed by atoms with Gasteiger partial charge in [0.1, 0.15) is 10.0 Å². The summed E-state index contributed by atoms with van der Waals surface area (Å²) in [7, 11) is 0. The number of rotatable bonds is 4. The van der Waals surface area contributed by atoms with E-state index in [1.165, 1.54) is 23.4 Å². The lowest BCUT2D eigenvalue weighted by Crippen LogP contribution is -2.29. The average molecular weight is 528 g/mol. The van der Waals surface area contributed by atoms with Crippen molar-refractivity contribution in [2.75, 3.05) is 0 Å². The lowest BCUT2D eigenvalue weighted by molar-refractivity contribution is -0.137. The Morgan fingerprint density at radius 2 is 1.97 bits per heavy atom. The van der Waals surface area contributed by atoms with Gasteiger partial charge in [-0.3, -0.25) is 9.89 Å². The molecule has 3 heterocycles. The summed E-state index contributed by atoms with van der Waals surface area (Å²) in [6.07, 6.45) is -0.291. The fraction of sp³-hybridized carbons (Fsp3) is 0.176. The monoisotopic (exact) mass is 528 g/mol. The number of nitrogens with one attached hydrogen (secondary N) is 2. The molecular formula is C17H12F3IN8O. The highest BCUT2D eigenvalue weighted by atomic mass is 127. The van der Waals surface area contributed by atoms with Crippen molar-refractivity contribution in [3.05, 3.63) is 57.6 Å². The predicted octanol–water partition coefficient (Wildman–Crippen LogP) is 3.05. The zero-order chi connectivity index (χ0) is 21.5. The predicted molar refractivity (Wildman–Crippen MR) is 107 cm³/mol. The van der Waals surface area contributed by atoms with Crippen LogP contribution in [0.2, 0.25) is 0 Å². The van der Waals surface area contributed by atoms with Crippen LogP contribution in [0.15, 0.2) is 36.9 Å². The number of H-pyrrole nitrogens is 1. The molecule has 13 heteroatoms. The Morgan fingerprint density at radius 3 is 2.67 bits per heavy atom. The van der Waals surface area contributed by atoms with Crippen LogP contribution in [0.3, 0.4) is 0 Å². The van der Waals surface area contributed by atoms with Crippen molar-refractivity contribution in [2.45, 2.75) is 19.1 Å². The van der Waals surface area contributed by atoms with Crippen LogP contribution in [0, 0.1) is 3.70 Å². The van der Waals surface area contributed by atoms with Crippen LogP contribution >= 0.6 is 22.6 Å². The van der Waals surface area contributed by atoms with Crippen molar-refractivity contribution in [3.8, 4) is 5.95 Å². The third kappa shape index (κ3) is 3.71. The fourth-order valence-electron chi connectivity index (χ4n) is 2.87. The summed E-state index contributed by atoms with van der Waals surface area (Å²) in [6.45, 7) is 1.63. The Morgan fingerprint density at radius 1 is 1.23 bits per heavy atom. The largest absolute Gasteiger partial charge is 0.416 e. The van der Waals surface area contributed by atoms with E-state index in [4.69, 9.17) is 0 Å². The molecule has 0 unspecified atom stereocenters. The molecule has 0 aliphatic rings. The number of halogens is 4. The highest BCUT2D eigenvalue weighted by Gasteiger charge is 2.33. The number of carbonyl (C=O) groups is 1. The van der Waals surface area contributed by atoms with Crippen LogP contribution in [0.5, 0.6) is 0 Å². The SMILES string of the molecule is C[C@H](NC(=O)c1cc(C(F)(F)F)cc2c(I)n[nH]c12)c1ncnn1-c1ncccn1. The third-order valence-corrected chi connectivity index (χ3v) is 5.07. The van der Waals surface area contributed by atoms with Crippen molar-refractivity contribution in [1.82, 2.24) is 40.2 Å². The summed E-state index contributed by atoms with van der Waals surface area (Å²) < 4.78 is 41.6. The molecule has 2 N–H and O–H groups in total. The van der Waals surface area contributed by atoms with Crippen LogP contribution in [0.25, 0.3) is 16.9 Å². The molecule has 0 bridgehead atoms.